The third kappa shape index (κ3) is 4.58. The topological polar surface area (TPSA) is 76.0 Å². The molecule has 132 valence electrons. The van der Waals surface area contributed by atoms with Gasteiger partial charge in [0.25, 0.3) is 5.56 Å². The highest BCUT2D eigenvalue weighted by molar-refractivity contribution is 5.74. The van der Waals surface area contributed by atoms with Gasteiger partial charge in [0.2, 0.25) is 0 Å². The zero-order chi connectivity index (χ0) is 16.8. The Hall–Kier alpha value is -1.85. The fraction of sp³-hybridized carbons (Fsp3) is 0.722. The highest BCUT2D eigenvalue weighted by atomic mass is 16.2. The second kappa shape index (κ2) is 8.31. The van der Waals surface area contributed by atoms with Crippen LogP contribution in [0.2, 0.25) is 0 Å². The molecule has 1 aromatic rings. The molecular formula is C18H28N4O2. The van der Waals surface area contributed by atoms with Gasteiger partial charge in [-0.25, -0.2) is 9.48 Å². The number of urea groups is 1. The Kier molecular flexibility index (Phi) is 5.88. The van der Waals surface area contributed by atoms with Crippen LogP contribution in [-0.2, 0) is 0 Å². The Labute approximate surface area is 143 Å². The maximum Gasteiger partial charge on any atom is 0.315 e. The second-order valence-corrected chi connectivity index (χ2v) is 7.12. The lowest BCUT2D eigenvalue weighted by molar-refractivity contribution is 0.220. The molecule has 24 heavy (non-hydrogen) atoms. The summed E-state index contributed by atoms with van der Waals surface area (Å²) in [6.07, 6.45) is 12.4. The van der Waals surface area contributed by atoms with Gasteiger partial charge in [-0.05, 0) is 44.6 Å². The molecular weight excluding hydrogens is 304 g/mol. The molecule has 2 fully saturated rings. The van der Waals surface area contributed by atoms with E-state index in [0.29, 0.717) is 6.04 Å². The van der Waals surface area contributed by atoms with Crippen LogP contribution in [0.5, 0.6) is 0 Å². The molecule has 2 amide bonds. The highest BCUT2D eigenvalue weighted by Gasteiger charge is 2.25. The third-order valence-corrected chi connectivity index (χ3v) is 5.31. The lowest BCUT2D eigenvalue weighted by atomic mass is 9.91. The lowest BCUT2D eigenvalue weighted by Gasteiger charge is -2.30. The molecule has 6 nitrogen and oxygen atoms in total. The quantitative estimate of drug-likeness (QED) is 0.836. The molecule has 3 rings (SSSR count). The van der Waals surface area contributed by atoms with E-state index in [-0.39, 0.29) is 23.7 Å². The molecule has 0 atom stereocenters. The number of amides is 2. The minimum atomic E-state index is -0.0417. The van der Waals surface area contributed by atoms with E-state index in [1.165, 1.54) is 25.7 Å². The molecule has 0 spiro atoms. The summed E-state index contributed by atoms with van der Waals surface area (Å²) in [5, 5.41) is 10.4. The monoisotopic (exact) mass is 332 g/mol. The van der Waals surface area contributed by atoms with Crippen molar-refractivity contribution >= 4 is 6.03 Å². The number of rotatable bonds is 3. The summed E-state index contributed by atoms with van der Waals surface area (Å²) in [5.74, 6) is 0. The molecule has 0 aromatic carbocycles. The number of nitrogens with zero attached hydrogens (tertiary/aromatic N) is 2. The molecule has 2 N–H and O–H groups in total. The van der Waals surface area contributed by atoms with Gasteiger partial charge in [0.05, 0.1) is 6.04 Å². The van der Waals surface area contributed by atoms with E-state index < -0.39 is 0 Å². The number of carbonyl (C=O) groups excluding carboxylic acids is 1. The summed E-state index contributed by atoms with van der Waals surface area (Å²) in [7, 11) is 0. The van der Waals surface area contributed by atoms with Crippen molar-refractivity contribution in [3.8, 4) is 0 Å². The first-order valence-electron chi connectivity index (χ1n) is 9.33. The normalized spacial score (nSPS) is 25.7. The Bertz CT molecular complexity index is 585. The maximum atomic E-state index is 12.2. The van der Waals surface area contributed by atoms with Gasteiger partial charge < -0.3 is 10.6 Å². The van der Waals surface area contributed by atoms with Crippen molar-refractivity contribution in [2.24, 2.45) is 0 Å². The average Bonchev–Trinajstić information content (AvgIpc) is 2.85. The molecule has 0 unspecified atom stereocenters. The minimum Gasteiger partial charge on any atom is -0.335 e. The average molecular weight is 332 g/mol. The number of hydrogen-bond acceptors (Lipinski definition) is 3. The smallest absolute Gasteiger partial charge is 0.315 e. The summed E-state index contributed by atoms with van der Waals surface area (Å²) >= 11 is 0. The Balaban J connectivity index is 1.44. The van der Waals surface area contributed by atoms with Crippen LogP contribution in [0, 0.1) is 0 Å². The standard InChI is InChI=1S/C18H28N4O2/c23-17-8-5-13-19-22(17)16-11-9-15(10-12-16)21-18(24)20-14-6-3-1-2-4-7-14/h5,8,13-16H,1-4,6-7,9-12H2,(H2,20,21,24). The van der Waals surface area contributed by atoms with Crippen LogP contribution in [0.15, 0.2) is 23.1 Å². The highest BCUT2D eigenvalue weighted by Crippen LogP contribution is 2.26. The molecule has 1 aromatic heterocycles. The number of nitrogens with one attached hydrogen (secondary N) is 2. The van der Waals surface area contributed by atoms with Crippen LogP contribution in [0.25, 0.3) is 0 Å². The summed E-state index contributed by atoms with van der Waals surface area (Å²) in [4.78, 5) is 24.1. The van der Waals surface area contributed by atoms with Crippen molar-refractivity contribution in [1.82, 2.24) is 20.4 Å². The minimum absolute atomic E-state index is 0.0275. The van der Waals surface area contributed by atoms with E-state index in [2.05, 4.69) is 15.7 Å². The number of carbonyl (C=O) groups is 1. The van der Waals surface area contributed by atoms with Crippen LogP contribution < -0.4 is 16.2 Å². The van der Waals surface area contributed by atoms with Gasteiger partial charge in [-0.3, -0.25) is 4.79 Å². The van der Waals surface area contributed by atoms with E-state index in [4.69, 9.17) is 0 Å². The molecule has 2 aliphatic rings. The summed E-state index contributed by atoms with van der Waals surface area (Å²) < 4.78 is 1.59. The van der Waals surface area contributed by atoms with Crippen LogP contribution in [0.3, 0.4) is 0 Å². The summed E-state index contributed by atoms with van der Waals surface area (Å²) in [6.45, 7) is 0. The molecule has 1 heterocycles. The Morgan fingerprint density at radius 2 is 1.58 bits per heavy atom. The first-order chi connectivity index (χ1) is 11.7. The van der Waals surface area contributed by atoms with Crippen LogP contribution in [-0.4, -0.2) is 27.9 Å². The molecule has 2 saturated carbocycles. The molecule has 0 aliphatic heterocycles. The zero-order valence-electron chi connectivity index (χ0n) is 14.2. The molecule has 2 aliphatic carbocycles. The Morgan fingerprint density at radius 3 is 2.21 bits per heavy atom. The van der Waals surface area contributed by atoms with Crippen molar-refractivity contribution in [3.05, 3.63) is 28.7 Å². The maximum absolute atomic E-state index is 12.2. The predicted molar refractivity (Wildman–Crippen MR) is 92.9 cm³/mol. The van der Waals surface area contributed by atoms with E-state index in [1.807, 2.05) is 0 Å². The van der Waals surface area contributed by atoms with Gasteiger partial charge in [-0.1, -0.05) is 25.7 Å². The number of hydrogen-bond donors (Lipinski definition) is 2. The van der Waals surface area contributed by atoms with Gasteiger partial charge >= 0.3 is 6.03 Å². The van der Waals surface area contributed by atoms with Gasteiger partial charge in [-0.15, -0.1) is 0 Å². The van der Waals surface area contributed by atoms with Gasteiger partial charge in [0.15, 0.2) is 0 Å². The molecule has 0 bridgehead atoms. The molecule has 0 radical (unpaired) electrons. The van der Waals surface area contributed by atoms with Gasteiger partial charge in [-0.2, -0.15) is 5.10 Å². The van der Waals surface area contributed by atoms with Gasteiger partial charge in [0, 0.05) is 24.3 Å². The largest absolute Gasteiger partial charge is 0.335 e. The van der Waals surface area contributed by atoms with Gasteiger partial charge in [0.1, 0.15) is 0 Å². The van der Waals surface area contributed by atoms with Crippen molar-refractivity contribution in [2.45, 2.75) is 82.3 Å². The fourth-order valence-corrected chi connectivity index (χ4v) is 3.94. The molecule has 6 heteroatoms. The van der Waals surface area contributed by atoms with Crippen LogP contribution in [0.4, 0.5) is 4.79 Å². The third-order valence-electron chi connectivity index (χ3n) is 5.31. The zero-order valence-corrected chi connectivity index (χ0v) is 14.2. The first kappa shape index (κ1) is 17.0. The van der Waals surface area contributed by atoms with Crippen molar-refractivity contribution in [3.63, 3.8) is 0 Å². The van der Waals surface area contributed by atoms with Crippen LogP contribution in [0.1, 0.15) is 70.3 Å². The Morgan fingerprint density at radius 1 is 0.958 bits per heavy atom. The summed E-state index contributed by atoms with van der Waals surface area (Å²) in [6, 6.07) is 3.88. The fourth-order valence-electron chi connectivity index (χ4n) is 3.94. The number of aromatic nitrogens is 2. The van der Waals surface area contributed by atoms with Crippen molar-refractivity contribution < 1.29 is 4.79 Å². The predicted octanol–water partition coefficient (Wildman–Crippen LogP) is 2.75. The van der Waals surface area contributed by atoms with E-state index >= 15 is 0 Å². The van der Waals surface area contributed by atoms with E-state index in [0.717, 1.165) is 38.5 Å². The van der Waals surface area contributed by atoms with Crippen molar-refractivity contribution in [1.29, 1.82) is 0 Å². The second-order valence-electron chi connectivity index (χ2n) is 7.12. The summed E-state index contributed by atoms with van der Waals surface area (Å²) in [5.41, 5.74) is -0.0417. The molecule has 0 saturated heterocycles. The van der Waals surface area contributed by atoms with Crippen LogP contribution >= 0.6 is 0 Å². The lowest BCUT2D eigenvalue weighted by Crippen LogP contribution is -2.47. The van der Waals surface area contributed by atoms with E-state index in [1.54, 1.807) is 23.0 Å². The van der Waals surface area contributed by atoms with E-state index in [9.17, 15) is 9.59 Å². The SMILES string of the molecule is O=C(NC1CCCCCC1)NC1CCC(n2ncccc2=O)CC1. The van der Waals surface area contributed by atoms with Crippen molar-refractivity contribution in [2.75, 3.05) is 0 Å². The first-order valence-corrected chi connectivity index (χ1v) is 9.33.